The van der Waals surface area contributed by atoms with Gasteiger partial charge in [0.15, 0.2) is 6.61 Å². The number of piperidine rings is 1. The number of carbonyl (C=O) groups is 1. The molecule has 2 aromatic rings. The Morgan fingerprint density at radius 1 is 1.07 bits per heavy atom. The van der Waals surface area contributed by atoms with E-state index in [1.807, 2.05) is 6.92 Å². The van der Waals surface area contributed by atoms with Crippen molar-refractivity contribution < 1.29 is 22.7 Å². The zero-order valence-electron chi connectivity index (χ0n) is 17.3. The van der Waals surface area contributed by atoms with E-state index < -0.39 is 10.0 Å². The van der Waals surface area contributed by atoms with Crippen molar-refractivity contribution in [3.05, 3.63) is 48.5 Å². The number of nitrogens with zero attached hydrogens (tertiary/aromatic N) is 1. The van der Waals surface area contributed by atoms with Crippen LogP contribution in [0.4, 0.5) is 5.69 Å². The highest BCUT2D eigenvalue weighted by Crippen LogP contribution is 2.27. The summed E-state index contributed by atoms with van der Waals surface area (Å²) in [5, 5.41) is 2.72. The van der Waals surface area contributed by atoms with E-state index in [0.717, 1.165) is 25.7 Å². The molecule has 0 radical (unpaired) electrons. The van der Waals surface area contributed by atoms with Crippen LogP contribution >= 0.6 is 0 Å². The summed E-state index contributed by atoms with van der Waals surface area (Å²) in [6.45, 7) is 2.42. The largest absolute Gasteiger partial charge is 0.497 e. The van der Waals surface area contributed by atoms with Crippen LogP contribution in [0.3, 0.4) is 0 Å². The molecule has 162 valence electrons. The molecule has 30 heavy (non-hydrogen) atoms. The van der Waals surface area contributed by atoms with Gasteiger partial charge in [0.05, 0.1) is 12.0 Å². The highest BCUT2D eigenvalue weighted by atomic mass is 32.2. The maximum absolute atomic E-state index is 13.0. The molecule has 1 saturated heterocycles. The molecule has 1 fully saturated rings. The average molecular weight is 433 g/mol. The smallest absolute Gasteiger partial charge is 0.262 e. The number of anilines is 1. The molecule has 0 saturated carbocycles. The summed E-state index contributed by atoms with van der Waals surface area (Å²) in [5.41, 5.74) is 0.517. The van der Waals surface area contributed by atoms with E-state index in [0.29, 0.717) is 23.7 Å². The van der Waals surface area contributed by atoms with E-state index in [1.54, 1.807) is 47.8 Å². The fourth-order valence-corrected chi connectivity index (χ4v) is 5.33. The van der Waals surface area contributed by atoms with Gasteiger partial charge in [0.2, 0.25) is 10.0 Å². The molecule has 0 unspecified atom stereocenters. The number of carbonyl (C=O) groups excluding carboxylic acids is 1. The number of sulfonamides is 1. The molecule has 3 rings (SSSR count). The van der Waals surface area contributed by atoms with Crippen molar-refractivity contribution in [3.8, 4) is 11.5 Å². The van der Waals surface area contributed by atoms with Crippen LogP contribution in [0.5, 0.6) is 11.5 Å². The number of rotatable bonds is 8. The number of nitrogens with one attached hydrogen (secondary N) is 1. The zero-order chi connectivity index (χ0) is 21.6. The maximum atomic E-state index is 13.0. The van der Waals surface area contributed by atoms with Gasteiger partial charge in [-0.05, 0) is 67.8 Å². The van der Waals surface area contributed by atoms with Crippen molar-refractivity contribution >= 4 is 21.6 Å². The average Bonchev–Trinajstić information content (AvgIpc) is 2.78. The second-order valence-corrected chi connectivity index (χ2v) is 9.10. The van der Waals surface area contributed by atoms with E-state index in [-0.39, 0.29) is 23.5 Å². The van der Waals surface area contributed by atoms with Crippen LogP contribution in [-0.2, 0) is 14.8 Å². The van der Waals surface area contributed by atoms with Crippen LogP contribution < -0.4 is 14.8 Å². The molecule has 0 bridgehead atoms. The van der Waals surface area contributed by atoms with Crippen LogP contribution in [0.2, 0.25) is 0 Å². The molecule has 0 spiro atoms. The number of amides is 1. The topological polar surface area (TPSA) is 84.9 Å². The third kappa shape index (κ3) is 5.31. The molecule has 8 heteroatoms. The van der Waals surface area contributed by atoms with Crippen molar-refractivity contribution in [3.63, 3.8) is 0 Å². The summed E-state index contributed by atoms with van der Waals surface area (Å²) in [6, 6.07) is 13.3. The lowest BCUT2D eigenvalue weighted by Gasteiger charge is -2.34. The Bertz CT molecular complexity index is 942. The predicted octanol–water partition coefficient (Wildman–Crippen LogP) is 3.67. The monoisotopic (exact) mass is 432 g/mol. The summed E-state index contributed by atoms with van der Waals surface area (Å²) in [7, 11) is -1.96. The first kappa shape index (κ1) is 22.1. The molecule has 2 aromatic carbocycles. The molecule has 1 heterocycles. The van der Waals surface area contributed by atoms with E-state index in [2.05, 4.69) is 5.32 Å². The van der Waals surface area contributed by atoms with Crippen molar-refractivity contribution in [2.45, 2.75) is 43.5 Å². The first-order valence-corrected chi connectivity index (χ1v) is 11.6. The number of ether oxygens (including phenoxy) is 2. The molecule has 7 nitrogen and oxygen atoms in total. The summed E-state index contributed by atoms with van der Waals surface area (Å²) in [5.74, 6) is 0.930. The van der Waals surface area contributed by atoms with Gasteiger partial charge >= 0.3 is 0 Å². The van der Waals surface area contributed by atoms with Gasteiger partial charge in [-0.3, -0.25) is 4.79 Å². The van der Waals surface area contributed by atoms with Crippen LogP contribution in [0.1, 0.15) is 32.6 Å². The fourth-order valence-electron chi connectivity index (χ4n) is 3.56. The van der Waals surface area contributed by atoms with Crippen LogP contribution in [0.25, 0.3) is 0 Å². The van der Waals surface area contributed by atoms with E-state index in [9.17, 15) is 13.2 Å². The van der Waals surface area contributed by atoms with Gasteiger partial charge in [-0.25, -0.2) is 8.42 Å². The summed E-state index contributed by atoms with van der Waals surface area (Å²) >= 11 is 0. The summed E-state index contributed by atoms with van der Waals surface area (Å²) in [4.78, 5) is 12.4. The van der Waals surface area contributed by atoms with Crippen LogP contribution in [-0.4, -0.2) is 44.9 Å². The van der Waals surface area contributed by atoms with Crippen LogP contribution in [0, 0.1) is 0 Å². The Morgan fingerprint density at radius 3 is 2.37 bits per heavy atom. The Hall–Kier alpha value is -2.58. The first-order chi connectivity index (χ1) is 14.4. The SMILES string of the molecule is CC[C@H]1CCCCN1S(=O)(=O)c1ccc(NC(=O)COc2ccc(OC)cc2)cc1. The van der Waals surface area contributed by atoms with Crippen molar-refractivity contribution in [1.29, 1.82) is 0 Å². The Morgan fingerprint density at radius 2 is 1.73 bits per heavy atom. The second kappa shape index (κ2) is 9.95. The van der Waals surface area contributed by atoms with Crippen LogP contribution in [0.15, 0.2) is 53.4 Å². The van der Waals surface area contributed by atoms with Gasteiger partial charge in [0.1, 0.15) is 11.5 Å². The van der Waals surface area contributed by atoms with E-state index >= 15 is 0 Å². The molecule has 0 aliphatic carbocycles. The van der Waals surface area contributed by atoms with Gasteiger partial charge in [-0.1, -0.05) is 13.3 Å². The lowest BCUT2D eigenvalue weighted by Crippen LogP contribution is -2.43. The second-order valence-electron chi connectivity index (χ2n) is 7.21. The van der Waals surface area contributed by atoms with Crippen molar-refractivity contribution in [1.82, 2.24) is 4.31 Å². The first-order valence-electron chi connectivity index (χ1n) is 10.1. The van der Waals surface area contributed by atoms with Gasteiger partial charge < -0.3 is 14.8 Å². The Labute approximate surface area is 178 Å². The van der Waals surface area contributed by atoms with Gasteiger partial charge in [0, 0.05) is 18.3 Å². The third-order valence-electron chi connectivity index (χ3n) is 5.22. The standard InChI is InChI=1S/C22H28N2O5S/c1-3-18-6-4-5-15-24(18)30(26,27)21-13-7-17(8-14-21)23-22(25)16-29-20-11-9-19(28-2)10-12-20/h7-14,18H,3-6,15-16H2,1-2H3,(H,23,25)/t18-/m0/s1. The minimum absolute atomic E-state index is 0.0539. The number of methoxy groups -OCH3 is 1. The van der Waals surface area contributed by atoms with E-state index in [4.69, 9.17) is 9.47 Å². The zero-order valence-corrected chi connectivity index (χ0v) is 18.2. The predicted molar refractivity (Wildman–Crippen MR) is 115 cm³/mol. The number of hydrogen-bond donors (Lipinski definition) is 1. The normalized spacial score (nSPS) is 17.3. The molecule has 1 atom stereocenters. The molecule has 1 amide bonds. The summed E-state index contributed by atoms with van der Waals surface area (Å²) in [6.07, 6.45) is 3.66. The number of benzene rings is 2. The quantitative estimate of drug-likeness (QED) is 0.688. The van der Waals surface area contributed by atoms with Gasteiger partial charge in [-0.15, -0.1) is 0 Å². The lowest BCUT2D eigenvalue weighted by molar-refractivity contribution is -0.118. The van der Waals surface area contributed by atoms with Crippen molar-refractivity contribution in [2.75, 3.05) is 25.6 Å². The minimum Gasteiger partial charge on any atom is -0.497 e. The number of hydrogen-bond acceptors (Lipinski definition) is 5. The lowest BCUT2D eigenvalue weighted by atomic mass is 10.0. The molecule has 1 aliphatic rings. The van der Waals surface area contributed by atoms with Gasteiger partial charge in [-0.2, -0.15) is 4.31 Å². The third-order valence-corrected chi connectivity index (χ3v) is 7.18. The van der Waals surface area contributed by atoms with Crippen molar-refractivity contribution in [2.24, 2.45) is 0 Å². The van der Waals surface area contributed by atoms with E-state index in [1.165, 1.54) is 12.1 Å². The maximum Gasteiger partial charge on any atom is 0.262 e. The highest BCUT2D eigenvalue weighted by molar-refractivity contribution is 7.89. The Balaban J connectivity index is 1.58. The fraction of sp³-hybridized carbons (Fsp3) is 0.409. The minimum atomic E-state index is -3.53. The molecular weight excluding hydrogens is 404 g/mol. The summed E-state index contributed by atoms with van der Waals surface area (Å²) < 4.78 is 38.2. The molecule has 0 aromatic heterocycles. The molecule has 1 aliphatic heterocycles. The Kier molecular flexibility index (Phi) is 7.33. The molecular formula is C22H28N2O5S. The highest BCUT2D eigenvalue weighted by Gasteiger charge is 2.32. The van der Waals surface area contributed by atoms with Gasteiger partial charge in [0.25, 0.3) is 5.91 Å². The molecule has 1 N–H and O–H groups in total.